The van der Waals surface area contributed by atoms with E-state index in [-0.39, 0.29) is 24.3 Å². The van der Waals surface area contributed by atoms with E-state index in [2.05, 4.69) is 29.6 Å². The number of likely N-dealkylation sites (tertiary alicyclic amines) is 1. The van der Waals surface area contributed by atoms with E-state index in [1.165, 1.54) is 5.56 Å². The van der Waals surface area contributed by atoms with E-state index in [0.29, 0.717) is 11.7 Å². The Morgan fingerprint density at radius 2 is 1.60 bits per heavy atom. The zero-order chi connectivity index (χ0) is 21.3. The van der Waals surface area contributed by atoms with Crippen LogP contribution in [0.1, 0.15) is 32.3 Å². The molecule has 5 nitrogen and oxygen atoms in total. The quantitative estimate of drug-likeness (QED) is 0.725. The molecule has 1 N–H and O–H groups in total. The van der Waals surface area contributed by atoms with Gasteiger partial charge in [-0.05, 0) is 48.8 Å². The van der Waals surface area contributed by atoms with Crippen LogP contribution in [0, 0.1) is 11.8 Å². The van der Waals surface area contributed by atoms with Crippen molar-refractivity contribution in [2.75, 3.05) is 19.7 Å². The molecule has 1 heterocycles. The van der Waals surface area contributed by atoms with Gasteiger partial charge in [0.05, 0.1) is 0 Å². The largest absolute Gasteiger partial charge is 0.484 e. The van der Waals surface area contributed by atoms with Crippen LogP contribution in [0.3, 0.4) is 0 Å². The molecule has 0 aromatic heterocycles. The topological polar surface area (TPSA) is 58.6 Å². The Kier molecular flexibility index (Phi) is 7.89. The molecule has 1 fully saturated rings. The van der Waals surface area contributed by atoms with Crippen LogP contribution in [0.4, 0.5) is 0 Å². The van der Waals surface area contributed by atoms with Crippen molar-refractivity contribution >= 4 is 11.8 Å². The Bertz CT molecular complexity index is 800. The molecule has 1 saturated heterocycles. The van der Waals surface area contributed by atoms with Crippen LogP contribution >= 0.6 is 0 Å². The summed E-state index contributed by atoms with van der Waals surface area (Å²) in [5, 5.41) is 2.88. The average Bonchev–Trinajstić information content (AvgIpc) is 2.77. The van der Waals surface area contributed by atoms with Crippen LogP contribution in [0.5, 0.6) is 5.75 Å². The van der Waals surface area contributed by atoms with Crippen LogP contribution < -0.4 is 10.1 Å². The number of hydrogen-bond donors (Lipinski definition) is 1. The lowest BCUT2D eigenvalue weighted by Crippen LogP contribution is -2.53. The summed E-state index contributed by atoms with van der Waals surface area (Å²) >= 11 is 0. The Balaban J connectivity index is 1.48. The van der Waals surface area contributed by atoms with Crippen LogP contribution in [0.25, 0.3) is 0 Å². The Morgan fingerprint density at radius 1 is 1.00 bits per heavy atom. The maximum atomic E-state index is 13.1. The zero-order valence-corrected chi connectivity index (χ0v) is 17.9. The molecule has 2 amide bonds. The Labute approximate surface area is 179 Å². The molecule has 1 aliphatic rings. The Hall–Kier alpha value is -2.82. The van der Waals surface area contributed by atoms with E-state index in [4.69, 9.17) is 4.74 Å². The first-order valence-electron chi connectivity index (χ1n) is 10.8. The Morgan fingerprint density at radius 3 is 2.20 bits per heavy atom. The lowest BCUT2D eigenvalue weighted by atomic mass is 9.89. The number of ether oxygens (including phenoxy) is 1. The van der Waals surface area contributed by atoms with Gasteiger partial charge in [0.2, 0.25) is 5.91 Å². The molecule has 2 aromatic carbocycles. The molecule has 5 heteroatoms. The van der Waals surface area contributed by atoms with Crippen LogP contribution in [-0.4, -0.2) is 42.5 Å². The summed E-state index contributed by atoms with van der Waals surface area (Å²) in [5.74, 6) is 0.990. The molecule has 0 bridgehead atoms. The van der Waals surface area contributed by atoms with Gasteiger partial charge >= 0.3 is 0 Å². The number of nitrogens with zero attached hydrogens (tertiary/aromatic N) is 1. The molecule has 0 radical (unpaired) electrons. The van der Waals surface area contributed by atoms with Crippen molar-refractivity contribution in [3.8, 4) is 5.75 Å². The standard InChI is InChI=1S/C25H32N2O3/c1-19(2)24(26-23(28)18-30-22-11-7-4-8-12-22)25(29)27-15-13-21(14-16-27)17-20-9-5-3-6-10-20/h3-12,19,21,24H,13-18H2,1-2H3,(H,26,28)/t24-/m0/s1. The van der Waals surface area contributed by atoms with Crippen LogP contribution in [-0.2, 0) is 16.0 Å². The number of nitrogens with one attached hydrogen (secondary N) is 1. The number of carbonyl (C=O) groups is 2. The summed E-state index contributed by atoms with van der Waals surface area (Å²) in [5.41, 5.74) is 1.35. The maximum Gasteiger partial charge on any atom is 0.258 e. The van der Waals surface area contributed by atoms with Crippen LogP contribution in [0.15, 0.2) is 60.7 Å². The van der Waals surface area contributed by atoms with E-state index < -0.39 is 6.04 Å². The van der Waals surface area contributed by atoms with Gasteiger partial charge in [0, 0.05) is 13.1 Å². The van der Waals surface area contributed by atoms with E-state index in [9.17, 15) is 9.59 Å². The van der Waals surface area contributed by atoms with E-state index in [1.54, 1.807) is 12.1 Å². The number of para-hydroxylation sites is 1. The van der Waals surface area contributed by atoms with Crippen molar-refractivity contribution < 1.29 is 14.3 Å². The van der Waals surface area contributed by atoms with Gasteiger partial charge in [0.1, 0.15) is 11.8 Å². The van der Waals surface area contributed by atoms with Gasteiger partial charge in [-0.3, -0.25) is 9.59 Å². The van der Waals surface area contributed by atoms with Gasteiger partial charge in [0.15, 0.2) is 6.61 Å². The third-order valence-corrected chi connectivity index (χ3v) is 5.66. The van der Waals surface area contributed by atoms with Gasteiger partial charge in [0.25, 0.3) is 5.91 Å². The van der Waals surface area contributed by atoms with Crippen LogP contribution in [0.2, 0.25) is 0 Å². The molecule has 3 rings (SSSR count). The second-order valence-electron chi connectivity index (χ2n) is 8.35. The zero-order valence-electron chi connectivity index (χ0n) is 17.9. The third kappa shape index (κ3) is 6.34. The third-order valence-electron chi connectivity index (χ3n) is 5.66. The van der Waals surface area contributed by atoms with Crippen molar-refractivity contribution in [3.05, 3.63) is 66.2 Å². The number of benzene rings is 2. The minimum atomic E-state index is -0.525. The van der Waals surface area contributed by atoms with Gasteiger partial charge in [-0.1, -0.05) is 62.4 Å². The molecular weight excluding hydrogens is 376 g/mol. The van der Waals surface area contributed by atoms with Crippen molar-refractivity contribution in [3.63, 3.8) is 0 Å². The monoisotopic (exact) mass is 408 g/mol. The van der Waals surface area contributed by atoms with Gasteiger partial charge < -0.3 is 15.0 Å². The fourth-order valence-corrected chi connectivity index (χ4v) is 3.90. The van der Waals surface area contributed by atoms with E-state index in [0.717, 1.165) is 32.4 Å². The second kappa shape index (κ2) is 10.8. The summed E-state index contributed by atoms with van der Waals surface area (Å²) in [6.45, 7) is 5.32. The number of carbonyl (C=O) groups excluding carboxylic acids is 2. The van der Waals surface area contributed by atoms with Crippen molar-refractivity contribution in [2.24, 2.45) is 11.8 Å². The number of hydrogen-bond acceptors (Lipinski definition) is 3. The first kappa shape index (κ1) is 21.9. The molecule has 2 aromatic rings. The highest BCUT2D eigenvalue weighted by molar-refractivity contribution is 5.88. The molecule has 30 heavy (non-hydrogen) atoms. The second-order valence-corrected chi connectivity index (χ2v) is 8.35. The first-order chi connectivity index (χ1) is 14.5. The molecule has 0 aliphatic carbocycles. The normalized spacial score (nSPS) is 15.6. The van der Waals surface area contributed by atoms with E-state index >= 15 is 0 Å². The van der Waals surface area contributed by atoms with Crippen molar-refractivity contribution in [2.45, 2.75) is 39.2 Å². The highest BCUT2D eigenvalue weighted by atomic mass is 16.5. The van der Waals surface area contributed by atoms with Gasteiger partial charge in [-0.25, -0.2) is 0 Å². The fourth-order valence-electron chi connectivity index (χ4n) is 3.90. The average molecular weight is 409 g/mol. The highest BCUT2D eigenvalue weighted by Crippen LogP contribution is 2.23. The van der Waals surface area contributed by atoms with Gasteiger partial charge in [-0.15, -0.1) is 0 Å². The number of amides is 2. The number of piperidine rings is 1. The molecule has 1 atom stereocenters. The van der Waals surface area contributed by atoms with Crippen molar-refractivity contribution in [1.82, 2.24) is 10.2 Å². The fraction of sp³-hybridized carbons (Fsp3) is 0.440. The predicted molar refractivity (Wildman–Crippen MR) is 118 cm³/mol. The summed E-state index contributed by atoms with van der Waals surface area (Å²) < 4.78 is 5.51. The van der Waals surface area contributed by atoms with E-state index in [1.807, 2.05) is 43.0 Å². The smallest absolute Gasteiger partial charge is 0.258 e. The molecular formula is C25H32N2O3. The van der Waals surface area contributed by atoms with Crippen molar-refractivity contribution in [1.29, 1.82) is 0 Å². The molecule has 0 unspecified atom stereocenters. The highest BCUT2D eigenvalue weighted by Gasteiger charge is 2.31. The molecule has 1 aliphatic heterocycles. The summed E-state index contributed by atoms with van der Waals surface area (Å²) in [6, 6.07) is 19.2. The first-order valence-corrected chi connectivity index (χ1v) is 10.8. The summed E-state index contributed by atoms with van der Waals surface area (Å²) in [7, 11) is 0. The molecule has 0 saturated carbocycles. The number of rotatable bonds is 8. The molecule has 160 valence electrons. The maximum absolute atomic E-state index is 13.1. The summed E-state index contributed by atoms with van der Waals surface area (Å²) in [6.07, 6.45) is 3.05. The minimum absolute atomic E-state index is 0.0104. The lowest BCUT2D eigenvalue weighted by molar-refractivity contribution is -0.139. The van der Waals surface area contributed by atoms with Gasteiger partial charge in [-0.2, -0.15) is 0 Å². The predicted octanol–water partition coefficient (Wildman–Crippen LogP) is 3.69. The SMILES string of the molecule is CC(C)[C@H](NC(=O)COc1ccccc1)C(=O)N1CCC(Cc2ccccc2)CC1. The minimum Gasteiger partial charge on any atom is -0.484 e. The summed E-state index contributed by atoms with van der Waals surface area (Å²) in [4.78, 5) is 27.4. The lowest BCUT2D eigenvalue weighted by Gasteiger charge is -2.35. The molecule has 0 spiro atoms.